The van der Waals surface area contributed by atoms with Gasteiger partial charge in [0, 0.05) is 63.1 Å². The number of nitrogens with one attached hydrogen (secondary N) is 1. The van der Waals surface area contributed by atoms with Crippen molar-refractivity contribution in [2.75, 3.05) is 63.9 Å². The molecule has 0 radical (unpaired) electrons. The fraction of sp³-hybridized carbons (Fsp3) is 0.429. The minimum absolute atomic E-state index is 0.280. The molecule has 0 bridgehead atoms. The lowest BCUT2D eigenvalue weighted by Crippen LogP contribution is -2.62. The molecule has 0 unspecified atom stereocenters. The normalized spacial score (nSPS) is 17.0. The van der Waals surface area contributed by atoms with Gasteiger partial charge in [-0.3, -0.25) is 9.69 Å². The van der Waals surface area contributed by atoms with Crippen LogP contribution in [-0.4, -0.2) is 94.8 Å². The lowest BCUT2D eigenvalue weighted by molar-refractivity contribution is 0.0719. The lowest BCUT2D eigenvalue weighted by atomic mass is 9.86. The molecular formula is C35H40F2N8O2. The number of piperazine rings is 1. The number of carbonyl (C=O) groups is 1. The number of amides is 1. The van der Waals surface area contributed by atoms with E-state index in [4.69, 9.17) is 9.72 Å². The first-order chi connectivity index (χ1) is 22.8. The Kier molecular flexibility index (Phi) is 9.66. The standard InChI is InChI=1S/C35H40F2N8O2/c1-3-11-42-14-16-43(17-15-42)24-35(41-34(46)30-18-27(36)6-7-31(30)37)9-12-44(13-10-35)32-8-5-25(21-39-32)29-19-28(47-4-2)23-45-33(29)26(20-38)22-40-45/h5-8,18-19,21-23H,3-4,9-17,24H2,1-2H3,(H,41,46). The van der Waals surface area contributed by atoms with Crippen LogP contribution in [0, 0.1) is 23.0 Å². The SMILES string of the molecule is CCCN1CCN(CC2(NC(=O)c3cc(F)ccc3F)CCN(c3ccc(-c4cc(OCC)cn5ncc(C#N)c45)cn3)CC2)CC1. The third kappa shape index (κ3) is 7.06. The van der Waals surface area contributed by atoms with Gasteiger partial charge in [0.1, 0.15) is 29.3 Å². The zero-order chi connectivity index (χ0) is 33.0. The van der Waals surface area contributed by atoms with E-state index in [1.54, 1.807) is 23.1 Å². The summed E-state index contributed by atoms with van der Waals surface area (Å²) in [6, 6.07) is 11.0. The Balaban J connectivity index is 1.20. The predicted molar refractivity (Wildman–Crippen MR) is 175 cm³/mol. The monoisotopic (exact) mass is 642 g/mol. The van der Waals surface area contributed by atoms with Crippen LogP contribution < -0.4 is 15.0 Å². The molecule has 4 aromatic rings. The van der Waals surface area contributed by atoms with E-state index in [0.29, 0.717) is 55.9 Å². The van der Waals surface area contributed by atoms with Crippen LogP contribution >= 0.6 is 0 Å². The molecule has 0 spiro atoms. The van der Waals surface area contributed by atoms with Crippen LogP contribution in [0.25, 0.3) is 16.6 Å². The molecule has 246 valence electrons. The van der Waals surface area contributed by atoms with Gasteiger partial charge in [0.15, 0.2) is 0 Å². The number of pyridine rings is 2. The Labute approximate surface area is 273 Å². The van der Waals surface area contributed by atoms with Crippen LogP contribution in [0.1, 0.15) is 49.0 Å². The van der Waals surface area contributed by atoms with E-state index < -0.39 is 23.1 Å². The molecule has 6 rings (SSSR count). The number of aromatic nitrogens is 3. The Bertz CT molecular complexity index is 1750. The Morgan fingerprint density at radius 1 is 1.02 bits per heavy atom. The van der Waals surface area contributed by atoms with E-state index in [1.165, 1.54) is 0 Å². The highest BCUT2D eigenvalue weighted by molar-refractivity contribution is 5.95. The third-order valence-corrected chi connectivity index (χ3v) is 9.20. The summed E-state index contributed by atoms with van der Waals surface area (Å²) in [4.78, 5) is 25.2. The number of hydrogen-bond donors (Lipinski definition) is 1. The van der Waals surface area contributed by atoms with Gasteiger partial charge in [0.05, 0.1) is 41.2 Å². The zero-order valence-electron chi connectivity index (χ0n) is 26.9. The Morgan fingerprint density at radius 3 is 2.47 bits per heavy atom. The predicted octanol–water partition coefficient (Wildman–Crippen LogP) is 4.74. The second-order valence-corrected chi connectivity index (χ2v) is 12.4. The molecule has 0 aliphatic carbocycles. The molecule has 0 saturated carbocycles. The van der Waals surface area contributed by atoms with Crippen molar-refractivity contribution < 1.29 is 18.3 Å². The van der Waals surface area contributed by atoms with Crippen LogP contribution in [0.2, 0.25) is 0 Å². The van der Waals surface area contributed by atoms with Gasteiger partial charge in [-0.1, -0.05) is 6.92 Å². The summed E-state index contributed by atoms with van der Waals surface area (Å²) in [6.07, 6.45) is 7.44. The van der Waals surface area contributed by atoms with Gasteiger partial charge in [-0.05, 0) is 69.1 Å². The van der Waals surface area contributed by atoms with Crippen molar-refractivity contribution in [3.8, 4) is 22.9 Å². The van der Waals surface area contributed by atoms with Crippen molar-refractivity contribution >= 4 is 17.2 Å². The van der Waals surface area contributed by atoms with Crippen LogP contribution in [0.15, 0.2) is 55.0 Å². The maximum Gasteiger partial charge on any atom is 0.254 e. The third-order valence-electron chi connectivity index (χ3n) is 9.20. The van der Waals surface area contributed by atoms with Crippen LogP contribution in [0.4, 0.5) is 14.6 Å². The van der Waals surface area contributed by atoms with Crippen molar-refractivity contribution in [2.24, 2.45) is 0 Å². The maximum absolute atomic E-state index is 14.6. The molecule has 3 aromatic heterocycles. The first kappa shape index (κ1) is 32.3. The number of ether oxygens (including phenoxy) is 1. The highest BCUT2D eigenvalue weighted by Crippen LogP contribution is 2.33. The van der Waals surface area contributed by atoms with E-state index in [2.05, 4.69) is 38.1 Å². The number of nitrogens with zero attached hydrogens (tertiary/aromatic N) is 7. The summed E-state index contributed by atoms with van der Waals surface area (Å²) >= 11 is 0. The average molecular weight is 643 g/mol. The number of carbonyl (C=O) groups excluding carboxylic acids is 1. The second-order valence-electron chi connectivity index (χ2n) is 12.4. The molecule has 47 heavy (non-hydrogen) atoms. The topological polar surface area (TPSA) is 102 Å². The maximum atomic E-state index is 14.6. The van der Waals surface area contributed by atoms with Crippen molar-refractivity contribution in [3.63, 3.8) is 0 Å². The smallest absolute Gasteiger partial charge is 0.254 e. The van der Waals surface area contributed by atoms with Gasteiger partial charge in [0.25, 0.3) is 5.91 Å². The molecule has 0 atom stereocenters. The van der Waals surface area contributed by atoms with Gasteiger partial charge in [-0.15, -0.1) is 0 Å². The highest BCUT2D eigenvalue weighted by atomic mass is 19.1. The number of rotatable bonds is 10. The van der Waals surface area contributed by atoms with E-state index in [0.717, 1.165) is 74.3 Å². The molecule has 1 aromatic carbocycles. The summed E-state index contributed by atoms with van der Waals surface area (Å²) in [6.45, 7) is 11.3. The second kappa shape index (κ2) is 14.0. The number of anilines is 1. The Hall–Kier alpha value is -4.60. The van der Waals surface area contributed by atoms with E-state index in [-0.39, 0.29) is 5.56 Å². The number of hydrogen-bond acceptors (Lipinski definition) is 8. The van der Waals surface area contributed by atoms with Crippen LogP contribution in [0.5, 0.6) is 5.75 Å². The largest absolute Gasteiger partial charge is 0.492 e. The molecule has 2 aliphatic heterocycles. The van der Waals surface area contributed by atoms with Crippen molar-refractivity contribution in [1.82, 2.24) is 29.7 Å². The Morgan fingerprint density at radius 2 is 1.79 bits per heavy atom. The summed E-state index contributed by atoms with van der Waals surface area (Å²) < 4.78 is 36.0. The van der Waals surface area contributed by atoms with Crippen molar-refractivity contribution in [3.05, 3.63) is 77.8 Å². The minimum atomic E-state index is -0.740. The van der Waals surface area contributed by atoms with E-state index >= 15 is 0 Å². The molecule has 2 fully saturated rings. The van der Waals surface area contributed by atoms with Crippen LogP contribution in [-0.2, 0) is 0 Å². The summed E-state index contributed by atoms with van der Waals surface area (Å²) in [5.74, 6) is -0.546. The molecular weight excluding hydrogens is 602 g/mol. The number of nitriles is 1. The van der Waals surface area contributed by atoms with E-state index in [1.807, 2.05) is 25.1 Å². The van der Waals surface area contributed by atoms with Gasteiger partial charge in [0.2, 0.25) is 0 Å². The fourth-order valence-corrected chi connectivity index (χ4v) is 6.76. The lowest BCUT2D eigenvalue weighted by Gasteiger charge is -2.46. The fourth-order valence-electron chi connectivity index (χ4n) is 6.76. The summed E-state index contributed by atoms with van der Waals surface area (Å²) in [7, 11) is 0. The molecule has 2 aliphatic rings. The number of halogens is 2. The number of benzene rings is 1. The van der Waals surface area contributed by atoms with Crippen LogP contribution in [0.3, 0.4) is 0 Å². The van der Waals surface area contributed by atoms with Crippen molar-refractivity contribution in [1.29, 1.82) is 5.26 Å². The molecule has 1 amide bonds. The van der Waals surface area contributed by atoms with Gasteiger partial charge < -0.3 is 19.9 Å². The summed E-state index contributed by atoms with van der Waals surface area (Å²) in [5.41, 5.74) is 1.89. The zero-order valence-corrected chi connectivity index (χ0v) is 26.9. The first-order valence-corrected chi connectivity index (χ1v) is 16.3. The number of piperidine rings is 1. The minimum Gasteiger partial charge on any atom is -0.492 e. The molecule has 5 heterocycles. The molecule has 12 heteroatoms. The molecule has 2 saturated heterocycles. The van der Waals surface area contributed by atoms with Gasteiger partial charge in [-0.25, -0.2) is 18.3 Å². The number of fused-ring (bicyclic) bond motifs is 1. The first-order valence-electron chi connectivity index (χ1n) is 16.3. The highest BCUT2D eigenvalue weighted by Gasteiger charge is 2.39. The van der Waals surface area contributed by atoms with E-state index in [9.17, 15) is 18.8 Å². The molecule has 1 N–H and O–H groups in total. The average Bonchev–Trinajstić information content (AvgIpc) is 3.50. The van der Waals surface area contributed by atoms with Gasteiger partial charge in [-0.2, -0.15) is 10.4 Å². The quantitative estimate of drug-likeness (QED) is 0.265. The van der Waals surface area contributed by atoms with Crippen molar-refractivity contribution in [2.45, 2.75) is 38.6 Å². The molecule has 10 nitrogen and oxygen atoms in total. The van der Waals surface area contributed by atoms with Gasteiger partial charge >= 0.3 is 0 Å². The summed E-state index contributed by atoms with van der Waals surface area (Å²) in [5, 5.41) is 17.2.